The molecule has 23 heavy (non-hydrogen) atoms. The summed E-state index contributed by atoms with van der Waals surface area (Å²) in [4.78, 5) is 24.1. The molecule has 1 aromatic carbocycles. The zero-order valence-electron chi connectivity index (χ0n) is 13.0. The van der Waals surface area contributed by atoms with Crippen LogP contribution in [-0.4, -0.2) is 24.1 Å². The molecule has 0 aliphatic heterocycles. The number of benzene rings is 1. The maximum atomic E-state index is 12.4. The molecule has 1 aromatic heterocycles. The summed E-state index contributed by atoms with van der Waals surface area (Å²) in [5.41, 5.74) is 1.19. The van der Waals surface area contributed by atoms with E-state index in [1.165, 1.54) is 7.11 Å². The summed E-state index contributed by atoms with van der Waals surface area (Å²) in [6, 6.07) is 10.9. The van der Waals surface area contributed by atoms with Gasteiger partial charge in [-0.25, -0.2) is 0 Å². The third-order valence-corrected chi connectivity index (χ3v) is 4.08. The fourth-order valence-electron chi connectivity index (χ4n) is 2.79. The quantitative estimate of drug-likeness (QED) is 0.856. The zero-order valence-corrected chi connectivity index (χ0v) is 13.0. The molecule has 6 heteroatoms. The van der Waals surface area contributed by atoms with Crippen molar-refractivity contribution in [2.75, 3.05) is 7.11 Å². The Morgan fingerprint density at radius 1 is 1.35 bits per heavy atom. The molecule has 0 saturated heterocycles. The van der Waals surface area contributed by atoms with Gasteiger partial charge >= 0.3 is 5.97 Å². The van der Waals surface area contributed by atoms with Crippen LogP contribution in [0.25, 0.3) is 0 Å². The predicted molar refractivity (Wildman–Crippen MR) is 81.5 cm³/mol. The summed E-state index contributed by atoms with van der Waals surface area (Å²) in [5.74, 6) is -0.120. The molecule has 0 radical (unpaired) electrons. The minimum absolute atomic E-state index is 0.0294. The Morgan fingerprint density at radius 3 is 2.70 bits per heavy atom. The molecule has 1 fully saturated rings. The van der Waals surface area contributed by atoms with Crippen LogP contribution in [-0.2, 0) is 9.53 Å². The van der Waals surface area contributed by atoms with Gasteiger partial charge in [-0.1, -0.05) is 35.5 Å². The molecule has 3 atom stereocenters. The van der Waals surface area contributed by atoms with Gasteiger partial charge in [-0.05, 0) is 24.8 Å². The van der Waals surface area contributed by atoms with Gasteiger partial charge in [0.2, 0.25) is 0 Å². The van der Waals surface area contributed by atoms with Crippen molar-refractivity contribution >= 4 is 11.9 Å². The minimum Gasteiger partial charge on any atom is -0.469 e. The maximum Gasteiger partial charge on any atom is 0.309 e. The van der Waals surface area contributed by atoms with Gasteiger partial charge in [0.05, 0.1) is 19.1 Å². The number of methoxy groups -OCH3 is 1. The second kappa shape index (κ2) is 6.24. The number of ether oxygens (including phenoxy) is 1. The van der Waals surface area contributed by atoms with Gasteiger partial charge in [0.1, 0.15) is 5.76 Å². The molecule has 2 aromatic rings. The van der Waals surface area contributed by atoms with Crippen molar-refractivity contribution in [3.05, 3.63) is 53.4 Å². The number of aryl methyl sites for hydroxylation is 1. The van der Waals surface area contributed by atoms with Gasteiger partial charge in [-0.2, -0.15) is 0 Å². The van der Waals surface area contributed by atoms with E-state index in [0.29, 0.717) is 12.2 Å². The second-order valence-corrected chi connectivity index (χ2v) is 5.71. The molecule has 0 spiro atoms. The molecule has 120 valence electrons. The number of esters is 1. The molecule has 1 amide bonds. The van der Waals surface area contributed by atoms with E-state index in [2.05, 4.69) is 10.5 Å². The largest absolute Gasteiger partial charge is 0.469 e. The number of carbonyl (C=O) groups excluding carboxylic acids is 2. The lowest BCUT2D eigenvalue weighted by Gasteiger charge is -2.18. The lowest BCUT2D eigenvalue weighted by Crippen LogP contribution is -2.31. The topological polar surface area (TPSA) is 81.4 Å². The Kier molecular flexibility index (Phi) is 4.14. The third-order valence-electron chi connectivity index (χ3n) is 4.08. The summed E-state index contributed by atoms with van der Waals surface area (Å²) in [6.07, 6.45) is 0.699. The highest BCUT2D eigenvalue weighted by atomic mass is 16.5. The Labute approximate surface area is 133 Å². The monoisotopic (exact) mass is 314 g/mol. The Balaban J connectivity index is 1.79. The maximum absolute atomic E-state index is 12.4. The van der Waals surface area contributed by atoms with Crippen molar-refractivity contribution in [1.82, 2.24) is 10.5 Å². The number of amides is 1. The van der Waals surface area contributed by atoms with Crippen molar-refractivity contribution in [2.45, 2.75) is 19.4 Å². The fraction of sp³-hybridized carbons (Fsp3) is 0.353. The highest BCUT2D eigenvalue weighted by Crippen LogP contribution is 2.48. The normalized spacial score (nSPS) is 20.6. The molecular weight excluding hydrogens is 296 g/mol. The van der Waals surface area contributed by atoms with Crippen molar-refractivity contribution < 1.29 is 18.8 Å². The van der Waals surface area contributed by atoms with Crippen LogP contribution >= 0.6 is 0 Å². The van der Waals surface area contributed by atoms with Crippen LogP contribution in [0.5, 0.6) is 0 Å². The van der Waals surface area contributed by atoms with Gasteiger partial charge in [0.15, 0.2) is 5.69 Å². The molecule has 0 bridgehead atoms. The van der Waals surface area contributed by atoms with E-state index in [-0.39, 0.29) is 35.4 Å². The molecule has 3 rings (SSSR count). The summed E-state index contributed by atoms with van der Waals surface area (Å²) in [6.45, 7) is 1.73. The van der Waals surface area contributed by atoms with Gasteiger partial charge in [0.25, 0.3) is 5.91 Å². The highest BCUT2D eigenvalue weighted by Gasteiger charge is 2.49. The van der Waals surface area contributed by atoms with Crippen LogP contribution in [0.2, 0.25) is 0 Å². The summed E-state index contributed by atoms with van der Waals surface area (Å²) >= 11 is 0. The van der Waals surface area contributed by atoms with Gasteiger partial charge < -0.3 is 14.6 Å². The first-order valence-electron chi connectivity index (χ1n) is 7.47. The number of carbonyl (C=O) groups is 2. The lowest BCUT2D eigenvalue weighted by molar-refractivity contribution is -0.142. The molecular formula is C17H18N2O4. The molecule has 1 aliphatic rings. The number of hydrogen-bond donors (Lipinski definition) is 1. The van der Waals surface area contributed by atoms with E-state index in [4.69, 9.17) is 9.26 Å². The van der Waals surface area contributed by atoms with Crippen molar-refractivity contribution in [3.63, 3.8) is 0 Å². The standard InChI is InChI=1S/C17H18N2O4/c1-10-8-14(19-23-10)16(20)18-15(11-6-4-3-5-7-11)12-9-13(12)17(21)22-2/h3-8,12-13,15H,9H2,1-2H3,(H,18,20)/t12-,13+,15-/m0/s1. The number of aromatic nitrogens is 1. The van der Waals surface area contributed by atoms with E-state index >= 15 is 0 Å². The molecule has 1 saturated carbocycles. The Morgan fingerprint density at radius 2 is 2.09 bits per heavy atom. The van der Waals surface area contributed by atoms with Crippen LogP contribution in [0.4, 0.5) is 0 Å². The number of rotatable bonds is 5. The first-order valence-corrected chi connectivity index (χ1v) is 7.47. The second-order valence-electron chi connectivity index (χ2n) is 5.71. The van der Waals surface area contributed by atoms with Crippen LogP contribution in [0, 0.1) is 18.8 Å². The van der Waals surface area contributed by atoms with E-state index in [0.717, 1.165) is 5.56 Å². The summed E-state index contributed by atoms with van der Waals surface area (Å²) in [7, 11) is 1.38. The van der Waals surface area contributed by atoms with Gasteiger partial charge in [-0.3, -0.25) is 9.59 Å². The van der Waals surface area contributed by atoms with Gasteiger partial charge in [-0.15, -0.1) is 0 Å². The average Bonchev–Trinajstić information content (AvgIpc) is 3.25. The molecule has 0 unspecified atom stereocenters. The van der Waals surface area contributed by atoms with E-state index < -0.39 is 0 Å². The SMILES string of the molecule is COC(=O)[C@@H]1C[C@@H]1[C@@H](NC(=O)c1cc(C)on1)c1ccccc1. The highest BCUT2D eigenvalue weighted by molar-refractivity contribution is 5.92. The minimum atomic E-state index is -0.314. The van der Waals surface area contributed by atoms with Crippen LogP contribution in [0.1, 0.15) is 34.3 Å². The Bertz CT molecular complexity index is 710. The molecule has 1 heterocycles. The van der Waals surface area contributed by atoms with Crippen molar-refractivity contribution in [3.8, 4) is 0 Å². The number of nitrogens with zero attached hydrogens (tertiary/aromatic N) is 1. The summed E-state index contributed by atoms with van der Waals surface area (Å²) in [5, 5.41) is 6.70. The Hall–Kier alpha value is -2.63. The van der Waals surface area contributed by atoms with Crippen molar-refractivity contribution in [2.24, 2.45) is 11.8 Å². The van der Waals surface area contributed by atoms with E-state index in [9.17, 15) is 9.59 Å². The first kappa shape index (κ1) is 15.3. The molecule has 1 N–H and O–H groups in total. The average molecular weight is 314 g/mol. The first-order chi connectivity index (χ1) is 11.1. The number of hydrogen-bond acceptors (Lipinski definition) is 5. The fourth-order valence-corrected chi connectivity index (χ4v) is 2.79. The summed E-state index contributed by atoms with van der Waals surface area (Å²) < 4.78 is 9.75. The molecule has 1 aliphatic carbocycles. The zero-order chi connectivity index (χ0) is 16.4. The predicted octanol–water partition coefficient (Wildman–Crippen LogP) is 2.26. The third kappa shape index (κ3) is 3.26. The number of nitrogens with one attached hydrogen (secondary N) is 1. The van der Waals surface area contributed by atoms with E-state index in [1.807, 2.05) is 30.3 Å². The van der Waals surface area contributed by atoms with Crippen molar-refractivity contribution in [1.29, 1.82) is 0 Å². The van der Waals surface area contributed by atoms with Crippen LogP contribution in [0.15, 0.2) is 40.9 Å². The lowest BCUT2D eigenvalue weighted by atomic mass is 10.0. The van der Waals surface area contributed by atoms with Gasteiger partial charge in [0, 0.05) is 6.07 Å². The molecule has 6 nitrogen and oxygen atoms in total. The van der Waals surface area contributed by atoms with Crippen LogP contribution in [0.3, 0.4) is 0 Å². The van der Waals surface area contributed by atoms with E-state index in [1.54, 1.807) is 13.0 Å². The van der Waals surface area contributed by atoms with Crippen LogP contribution < -0.4 is 5.32 Å². The smallest absolute Gasteiger partial charge is 0.309 e.